The minimum atomic E-state index is -0.409. The van der Waals surface area contributed by atoms with E-state index in [9.17, 15) is 14.7 Å². The molecule has 2 atom stereocenters. The SMILES string of the molecule is CCC(CO)NC(=O)C1CC(=O)N(c2ccc3c(c2)OCO3)C1. The van der Waals surface area contributed by atoms with Crippen molar-refractivity contribution < 1.29 is 24.2 Å². The van der Waals surface area contributed by atoms with Crippen molar-refractivity contribution in [1.82, 2.24) is 5.32 Å². The van der Waals surface area contributed by atoms with Gasteiger partial charge in [0.1, 0.15) is 0 Å². The quantitative estimate of drug-likeness (QED) is 0.832. The number of aliphatic hydroxyl groups excluding tert-OH is 1. The number of benzene rings is 1. The summed E-state index contributed by atoms with van der Waals surface area (Å²) in [5, 5.41) is 12.0. The van der Waals surface area contributed by atoms with E-state index < -0.39 is 5.92 Å². The van der Waals surface area contributed by atoms with E-state index in [1.54, 1.807) is 23.1 Å². The predicted octanol–water partition coefficient (Wildman–Crippen LogP) is 0.655. The van der Waals surface area contributed by atoms with E-state index in [1.807, 2.05) is 6.92 Å². The number of hydrogen-bond acceptors (Lipinski definition) is 5. The summed E-state index contributed by atoms with van der Waals surface area (Å²) >= 11 is 0. The van der Waals surface area contributed by atoms with Crippen LogP contribution in [0.25, 0.3) is 0 Å². The molecule has 1 fully saturated rings. The lowest BCUT2D eigenvalue weighted by Crippen LogP contribution is -2.41. The van der Waals surface area contributed by atoms with Gasteiger partial charge in [0.15, 0.2) is 11.5 Å². The summed E-state index contributed by atoms with van der Waals surface area (Å²) in [5.74, 6) is 0.565. The van der Waals surface area contributed by atoms with Crippen LogP contribution in [0.5, 0.6) is 11.5 Å². The molecule has 2 aliphatic rings. The normalized spacial score (nSPS) is 20.7. The van der Waals surface area contributed by atoms with Gasteiger partial charge in [0.25, 0.3) is 0 Å². The van der Waals surface area contributed by atoms with Crippen LogP contribution in [0.2, 0.25) is 0 Å². The number of nitrogens with one attached hydrogen (secondary N) is 1. The zero-order valence-electron chi connectivity index (χ0n) is 12.9. The Morgan fingerprint density at radius 3 is 2.96 bits per heavy atom. The highest BCUT2D eigenvalue weighted by molar-refractivity contribution is 6.00. The number of anilines is 1. The van der Waals surface area contributed by atoms with Crippen LogP contribution in [0.15, 0.2) is 18.2 Å². The van der Waals surface area contributed by atoms with Gasteiger partial charge in [-0.05, 0) is 18.6 Å². The molecule has 7 heteroatoms. The number of fused-ring (bicyclic) bond motifs is 1. The van der Waals surface area contributed by atoms with E-state index in [4.69, 9.17) is 9.47 Å². The number of carbonyl (C=O) groups excluding carboxylic acids is 2. The van der Waals surface area contributed by atoms with Crippen LogP contribution in [0.1, 0.15) is 19.8 Å². The van der Waals surface area contributed by atoms with Gasteiger partial charge < -0.3 is 24.8 Å². The topological polar surface area (TPSA) is 88.1 Å². The summed E-state index contributed by atoms with van der Waals surface area (Å²) in [6, 6.07) is 5.03. The van der Waals surface area contributed by atoms with Crippen molar-refractivity contribution in [2.45, 2.75) is 25.8 Å². The molecule has 0 aliphatic carbocycles. The fraction of sp³-hybridized carbons (Fsp3) is 0.500. The maximum absolute atomic E-state index is 12.2. The van der Waals surface area contributed by atoms with Crippen molar-refractivity contribution in [3.63, 3.8) is 0 Å². The minimum absolute atomic E-state index is 0.0962. The van der Waals surface area contributed by atoms with Gasteiger partial charge in [-0.1, -0.05) is 6.92 Å². The Hall–Kier alpha value is -2.28. The van der Waals surface area contributed by atoms with Gasteiger partial charge in [0, 0.05) is 24.7 Å². The third-order valence-electron chi connectivity index (χ3n) is 4.22. The van der Waals surface area contributed by atoms with Crippen molar-refractivity contribution in [3.8, 4) is 11.5 Å². The molecule has 2 amide bonds. The monoisotopic (exact) mass is 320 g/mol. The summed E-state index contributed by atoms with van der Waals surface area (Å²) in [6.07, 6.45) is 0.816. The molecule has 0 radical (unpaired) electrons. The summed E-state index contributed by atoms with van der Waals surface area (Å²) in [4.78, 5) is 26.1. The Balaban J connectivity index is 1.69. The molecule has 2 heterocycles. The van der Waals surface area contributed by atoms with Crippen LogP contribution in [0.4, 0.5) is 5.69 Å². The summed E-state index contributed by atoms with van der Waals surface area (Å²) in [6.45, 7) is 2.29. The molecular formula is C16H20N2O5. The third kappa shape index (κ3) is 3.10. The molecule has 0 aromatic heterocycles. The van der Waals surface area contributed by atoms with Gasteiger partial charge in [-0.25, -0.2) is 0 Å². The molecule has 0 bridgehead atoms. The van der Waals surface area contributed by atoms with Crippen LogP contribution in [-0.4, -0.2) is 42.9 Å². The van der Waals surface area contributed by atoms with Crippen molar-refractivity contribution in [2.75, 3.05) is 24.8 Å². The largest absolute Gasteiger partial charge is 0.454 e. The molecule has 1 saturated heterocycles. The first-order valence-corrected chi connectivity index (χ1v) is 7.73. The second-order valence-corrected chi connectivity index (χ2v) is 5.74. The molecule has 3 rings (SSSR count). The smallest absolute Gasteiger partial charge is 0.231 e. The predicted molar refractivity (Wildman–Crippen MR) is 82.3 cm³/mol. The average Bonchev–Trinajstić information content (AvgIpc) is 3.17. The Morgan fingerprint density at radius 2 is 2.22 bits per heavy atom. The van der Waals surface area contributed by atoms with Crippen molar-refractivity contribution in [3.05, 3.63) is 18.2 Å². The molecular weight excluding hydrogens is 300 g/mol. The van der Waals surface area contributed by atoms with Crippen LogP contribution in [0.3, 0.4) is 0 Å². The van der Waals surface area contributed by atoms with Gasteiger partial charge in [-0.15, -0.1) is 0 Å². The molecule has 2 aliphatic heterocycles. The highest BCUT2D eigenvalue weighted by atomic mass is 16.7. The Kier molecular flexibility index (Phi) is 4.38. The maximum Gasteiger partial charge on any atom is 0.231 e. The number of hydrogen-bond donors (Lipinski definition) is 2. The highest BCUT2D eigenvalue weighted by Crippen LogP contribution is 2.37. The van der Waals surface area contributed by atoms with E-state index in [1.165, 1.54) is 0 Å². The second-order valence-electron chi connectivity index (χ2n) is 5.74. The van der Waals surface area contributed by atoms with Crippen LogP contribution in [0, 0.1) is 5.92 Å². The van der Waals surface area contributed by atoms with Gasteiger partial charge in [-0.2, -0.15) is 0 Å². The Labute approximate surface area is 134 Å². The number of ether oxygens (including phenoxy) is 2. The van der Waals surface area contributed by atoms with Gasteiger partial charge in [0.05, 0.1) is 18.6 Å². The summed E-state index contributed by atoms with van der Waals surface area (Å²) in [5.41, 5.74) is 0.698. The van der Waals surface area contributed by atoms with Gasteiger partial charge >= 0.3 is 0 Å². The number of amides is 2. The number of aliphatic hydroxyl groups is 1. The van der Waals surface area contributed by atoms with E-state index >= 15 is 0 Å². The van der Waals surface area contributed by atoms with Crippen LogP contribution >= 0.6 is 0 Å². The Morgan fingerprint density at radius 1 is 1.43 bits per heavy atom. The van der Waals surface area contributed by atoms with E-state index in [-0.39, 0.29) is 37.7 Å². The van der Waals surface area contributed by atoms with Crippen LogP contribution < -0.4 is 19.7 Å². The average molecular weight is 320 g/mol. The third-order valence-corrected chi connectivity index (χ3v) is 4.22. The molecule has 2 N–H and O–H groups in total. The number of carbonyl (C=O) groups is 2. The maximum atomic E-state index is 12.2. The first-order valence-electron chi connectivity index (χ1n) is 7.73. The standard InChI is InChI=1S/C16H20N2O5/c1-2-11(8-19)17-16(21)10-5-15(20)18(7-10)12-3-4-13-14(6-12)23-9-22-13/h3-4,6,10-11,19H,2,5,7-9H2,1H3,(H,17,21). The van der Waals surface area contributed by atoms with Crippen molar-refractivity contribution >= 4 is 17.5 Å². The molecule has 124 valence electrons. The zero-order valence-corrected chi connectivity index (χ0v) is 12.9. The molecule has 7 nitrogen and oxygen atoms in total. The van der Waals surface area contributed by atoms with Gasteiger partial charge in [0.2, 0.25) is 18.6 Å². The van der Waals surface area contributed by atoms with Crippen LogP contribution in [-0.2, 0) is 9.59 Å². The summed E-state index contributed by atoms with van der Waals surface area (Å²) in [7, 11) is 0. The molecule has 23 heavy (non-hydrogen) atoms. The fourth-order valence-electron chi connectivity index (χ4n) is 2.78. The lowest BCUT2D eigenvalue weighted by Gasteiger charge is -2.19. The van der Waals surface area contributed by atoms with Crippen molar-refractivity contribution in [2.24, 2.45) is 5.92 Å². The zero-order chi connectivity index (χ0) is 16.4. The van der Waals surface area contributed by atoms with E-state index in [0.717, 1.165) is 0 Å². The first-order chi connectivity index (χ1) is 11.1. The second kappa shape index (κ2) is 6.45. The Bertz CT molecular complexity index is 614. The molecule has 0 saturated carbocycles. The van der Waals surface area contributed by atoms with E-state index in [0.29, 0.717) is 30.2 Å². The lowest BCUT2D eigenvalue weighted by molar-refractivity contribution is -0.127. The first kappa shape index (κ1) is 15.6. The molecule has 0 spiro atoms. The van der Waals surface area contributed by atoms with Gasteiger partial charge in [-0.3, -0.25) is 9.59 Å². The molecule has 1 aromatic rings. The summed E-state index contributed by atoms with van der Waals surface area (Å²) < 4.78 is 10.6. The number of rotatable bonds is 5. The van der Waals surface area contributed by atoms with Crippen molar-refractivity contribution in [1.29, 1.82) is 0 Å². The van der Waals surface area contributed by atoms with E-state index in [2.05, 4.69) is 5.32 Å². The number of nitrogens with zero attached hydrogens (tertiary/aromatic N) is 1. The molecule has 2 unspecified atom stereocenters. The highest BCUT2D eigenvalue weighted by Gasteiger charge is 2.36. The fourth-order valence-corrected chi connectivity index (χ4v) is 2.78. The minimum Gasteiger partial charge on any atom is -0.454 e. The lowest BCUT2D eigenvalue weighted by atomic mass is 10.1. The molecule has 1 aromatic carbocycles.